The zero-order valence-electron chi connectivity index (χ0n) is 11.4. The first-order chi connectivity index (χ1) is 9.74. The topological polar surface area (TPSA) is 36.4 Å². The van der Waals surface area contributed by atoms with E-state index >= 15 is 0 Å². The van der Waals surface area contributed by atoms with Crippen LogP contribution in [0.25, 0.3) is 0 Å². The van der Waals surface area contributed by atoms with Crippen molar-refractivity contribution in [1.82, 2.24) is 14.8 Å². The lowest BCUT2D eigenvalue weighted by molar-refractivity contribution is 0.0631. The van der Waals surface area contributed by atoms with Gasteiger partial charge >= 0.3 is 0 Å². The maximum absolute atomic E-state index is 12.4. The summed E-state index contributed by atoms with van der Waals surface area (Å²) in [5.74, 6) is 0.186. The minimum atomic E-state index is 0.186. The highest BCUT2D eigenvalue weighted by molar-refractivity contribution is 7.12. The SMILES string of the molecule is Cc1ccsc1C(=O)N1CCN(Cc2cscn2)CC1. The Morgan fingerprint density at radius 3 is 2.75 bits per heavy atom. The van der Waals surface area contributed by atoms with E-state index in [1.54, 1.807) is 22.7 Å². The van der Waals surface area contributed by atoms with E-state index in [4.69, 9.17) is 0 Å². The van der Waals surface area contributed by atoms with Gasteiger partial charge in [0.2, 0.25) is 0 Å². The highest BCUT2D eigenvalue weighted by atomic mass is 32.1. The van der Waals surface area contributed by atoms with Gasteiger partial charge in [0.05, 0.1) is 16.1 Å². The smallest absolute Gasteiger partial charge is 0.264 e. The first kappa shape index (κ1) is 13.7. The molecule has 0 aliphatic carbocycles. The third-order valence-corrected chi connectivity index (χ3v) is 5.22. The van der Waals surface area contributed by atoms with Crippen molar-refractivity contribution in [2.24, 2.45) is 0 Å². The Kier molecular flexibility index (Phi) is 4.14. The first-order valence-corrected chi connectivity index (χ1v) is 8.49. The lowest BCUT2D eigenvalue weighted by Crippen LogP contribution is -2.48. The number of carbonyl (C=O) groups excluding carboxylic acids is 1. The van der Waals surface area contributed by atoms with Crippen LogP contribution in [0.15, 0.2) is 22.3 Å². The molecule has 1 fully saturated rings. The zero-order valence-corrected chi connectivity index (χ0v) is 13.0. The number of hydrogen-bond acceptors (Lipinski definition) is 5. The van der Waals surface area contributed by atoms with Gasteiger partial charge in [-0.1, -0.05) is 0 Å². The molecule has 1 saturated heterocycles. The third kappa shape index (κ3) is 2.92. The van der Waals surface area contributed by atoms with Gasteiger partial charge in [-0.15, -0.1) is 22.7 Å². The molecule has 0 spiro atoms. The summed E-state index contributed by atoms with van der Waals surface area (Å²) in [6, 6.07) is 2.01. The Morgan fingerprint density at radius 1 is 1.35 bits per heavy atom. The van der Waals surface area contributed by atoms with Crippen LogP contribution in [0.3, 0.4) is 0 Å². The Morgan fingerprint density at radius 2 is 2.15 bits per heavy atom. The molecule has 4 nitrogen and oxygen atoms in total. The van der Waals surface area contributed by atoms with Gasteiger partial charge in [0.25, 0.3) is 5.91 Å². The van der Waals surface area contributed by atoms with E-state index in [0.29, 0.717) is 0 Å². The molecule has 0 bridgehead atoms. The van der Waals surface area contributed by atoms with Gasteiger partial charge in [0, 0.05) is 38.1 Å². The second-order valence-electron chi connectivity index (χ2n) is 4.98. The van der Waals surface area contributed by atoms with Gasteiger partial charge < -0.3 is 4.90 Å². The van der Waals surface area contributed by atoms with Gasteiger partial charge in [0.1, 0.15) is 0 Å². The van der Waals surface area contributed by atoms with Crippen molar-refractivity contribution < 1.29 is 4.79 Å². The highest BCUT2D eigenvalue weighted by Gasteiger charge is 2.23. The number of piperazine rings is 1. The van der Waals surface area contributed by atoms with Crippen molar-refractivity contribution in [3.05, 3.63) is 38.5 Å². The van der Waals surface area contributed by atoms with E-state index in [1.807, 2.05) is 28.8 Å². The van der Waals surface area contributed by atoms with Crippen molar-refractivity contribution in [3.8, 4) is 0 Å². The number of thiazole rings is 1. The molecule has 1 aliphatic rings. The number of rotatable bonds is 3. The number of thiophene rings is 1. The fraction of sp³-hybridized carbons (Fsp3) is 0.429. The van der Waals surface area contributed by atoms with Crippen LogP contribution in [0.5, 0.6) is 0 Å². The van der Waals surface area contributed by atoms with Crippen molar-refractivity contribution in [2.45, 2.75) is 13.5 Å². The summed E-state index contributed by atoms with van der Waals surface area (Å²) in [5.41, 5.74) is 4.09. The summed E-state index contributed by atoms with van der Waals surface area (Å²) >= 11 is 3.17. The Labute approximate surface area is 126 Å². The summed E-state index contributed by atoms with van der Waals surface area (Å²) in [6.45, 7) is 6.35. The summed E-state index contributed by atoms with van der Waals surface area (Å²) < 4.78 is 0. The Bertz CT molecular complexity index is 571. The van der Waals surface area contributed by atoms with Gasteiger partial charge in [0.15, 0.2) is 0 Å². The van der Waals surface area contributed by atoms with Gasteiger partial charge in [-0.3, -0.25) is 9.69 Å². The molecule has 0 unspecified atom stereocenters. The van der Waals surface area contributed by atoms with Crippen LogP contribution in [0.1, 0.15) is 20.9 Å². The number of aryl methyl sites for hydroxylation is 1. The Balaban J connectivity index is 1.56. The van der Waals surface area contributed by atoms with Crippen LogP contribution in [-0.2, 0) is 6.54 Å². The molecule has 0 atom stereocenters. The summed E-state index contributed by atoms with van der Waals surface area (Å²) in [6.07, 6.45) is 0. The molecule has 0 aromatic carbocycles. The number of aromatic nitrogens is 1. The fourth-order valence-electron chi connectivity index (χ4n) is 2.39. The molecule has 20 heavy (non-hydrogen) atoms. The van der Waals surface area contributed by atoms with E-state index < -0.39 is 0 Å². The maximum Gasteiger partial charge on any atom is 0.264 e. The lowest BCUT2D eigenvalue weighted by Gasteiger charge is -2.34. The number of amides is 1. The lowest BCUT2D eigenvalue weighted by atomic mass is 10.2. The molecule has 2 aromatic heterocycles. The molecule has 1 amide bonds. The average molecular weight is 307 g/mol. The average Bonchev–Trinajstić information content (AvgIpc) is 3.10. The molecule has 3 heterocycles. The molecule has 106 valence electrons. The van der Waals surface area contributed by atoms with Crippen molar-refractivity contribution in [1.29, 1.82) is 0 Å². The number of carbonyl (C=O) groups is 1. The Hall–Kier alpha value is -1.24. The molecule has 3 rings (SSSR count). The highest BCUT2D eigenvalue weighted by Crippen LogP contribution is 2.19. The first-order valence-electron chi connectivity index (χ1n) is 6.67. The van der Waals surface area contributed by atoms with Crippen molar-refractivity contribution >= 4 is 28.6 Å². The van der Waals surface area contributed by atoms with E-state index in [2.05, 4.69) is 15.3 Å². The zero-order chi connectivity index (χ0) is 13.9. The molecule has 0 radical (unpaired) electrons. The van der Waals surface area contributed by atoms with E-state index in [9.17, 15) is 4.79 Å². The maximum atomic E-state index is 12.4. The van der Waals surface area contributed by atoms with Crippen LogP contribution < -0.4 is 0 Å². The molecular weight excluding hydrogens is 290 g/mol. The van der Waals surface area contributed by atoms with E-state index in [1.165, 1.54) is 0 Å². The second-order valence-corrected chi connectivity index (χ2v) is 6.62. The van der Waals surface area contributed by atoms with Crippen LogP contribution in [0.2, 0.25) is 0 Å². The predicted molar refractivity (Wildman–Crippen MR) is 82.4 cm³/mol. The number of nitrogens with zero attached hydrogens (tertiary/aromatic N) is 3. The van der Waals surface area contributed by atoms with E-state index in [0.717, 1.165) is 48.9 Å². The minimum Gasteiger partial charge on any atom is -0.335 e. The monoisotopic (exact) mass is 307 g/mol. The standard InChI is InChI=1S/C14H17N3OS2/c1-11-2-7-20-13(11)14(18)17-5-3-16(4-6-17)8-12-9-19-10-15-12/h2,7,9-10H,3-6,8H2,1H3. The largest absolute Gasteiger partial charge is 0.335 e. The molecule has 0 N–H and O–H groups in total. The van der Waals surface area contributed by atoms with Crippen molar-refractivity contribution in [3.63, 3.8) is 0 Å². The van der Waals surface area contributed by atoms with Crippen LogP contribution in [0.4, 0.5) is 0 Å². The van der Waals surface area contributed by atoms with E-state index in [-0.39, 0.29) is 5.91 Å². The van der Waals surface area contributed by atoms with Gasteiger partial charge in [-0.05, 0) is 23.9 Å². The van der Waals surface area contributed by atoms with Crippen LogP contribution in [0, 0.1) is 6.92 Å². The summed E-state index contributed by atoms with van der Waals surface area (Å²) in [7, 11) is 0. The quantitative estimate of drug-likeness (QED) is 0.874. The normalized spacial score (nSPS) is 16.6. The molecule has 0 saturated carbocycles. The number of hydrogen-bond donors (Lipinski definition) is 0. The molecule has 2 aromatic rings. The van der Waals surface area contributed by atoms with Crippen LogP contribution >= 0.6 is 22.7 Å². The van der Waals surface area contributed by atoms with Crippen molar-refractivity contribution in [2.75, 3.05) is 26.2 Å². The summed E-state index contributed by atoms with van der Waals surface area (Å²) in [4.78, 5) is 21.9. The van der Waals surface area contributed by atoms with Crippen LogP contribution in [-0.4, -0.2) is 46.9 Å². The predicted octanol–water partition coefficient (Wildman–Crippen LogP) is 2.47. The molecule has 1 aliphatic heterocycles. The fourth-order valence-corrected chi connectivity index (χ4v) is 3.83. The molecular formula is C14H17N3OS2. The molecule has 6 heteroatoms. The second kappa shape index (κ2) is 6.03. The summed E-state index contributed by atoms with van der Waals surface area (Å²) in [5, 5.41) is 4.08. The third-order valence-electron chi connectivity index (χ3n) is 3.58. The van der Waals surface area contributed by atoms with Gasteiger partial charge in [-0.25, -0.2) is 4.98 Å². The van der Waals surface area contributed by atoms with Gasteiger partial charge in [-0.2, -0.15) is 0 Å². The minimum absolute atomic E-state index is 0.186.